The Morgan fingerprint density at radius 3 is 2.56 bits per heavy atom. The van der Waals surface area contributed by atoms with E-state index in [2.05, 4.69) is 20.9 Å². The molecule has 1 aliphatic rings. The summed E-state index contributed by atoms with van der Waals surface area (Å²) >= 11 is 0. The van der Waals surface area contributed by atoms with Crippen LogP contribution in [0.5, 0.6) is 0 Å². The van der Waals surface area contributed by atoms with Crippen molar-refractivity contribution in [2.45, 2.75) is 32.6 Å². The minimum atomic E-state index is -0.0496. The number of ether oxygens (including phenoxy) is 1. The Morgan fingerprint density at radius 2 is 1.96 bits per heavy atom. The van der Waals surface area contributed by atoms with Gasteiger partial charge < -0.3 is 20.7 Å². The second kappa shape index (κ2) is 12.2. The van der Waals surface area contributed by atoms with Crippen LogP contribution in [0.1, 0.15) is 41.6 Å². The van der Waals surface area contributed by atoms with Gasteiger partial charge in [-0.05, 0) is 43.7 Å². The maximum Gasteiger partial charge on any atom is 0.251 e. The van der Waals surface area contributed by atoms with E-state index in [1.54, 1.807) is 14.2 Å². The molecule has 0 saturated heterocycles. The molecule has 1 amide bonds. The zero-order valence-electron chi connectivity index (χ0n) is 16.6. The Bertz CT molecular complexity index is 618. The number of aliphatic imine (C=N–C) groups is 1. The molecule has 27 heavy (non-hydrogen) atoms. The molecule has 1 saturated carbocycles. The molecule has 0 aliphatic heterocycles. The molecular weight excluding hydrogens is 455 g/mol. The Morgan fingerprint density at radius 1 is 1.22 bits per heavy atom. The monoisotopic (exact) mass is 488 g/mol. The van der Waals surface area contributed by atoms with Gasteiger partial charge in [-0.2, -0.15) is 0 Å². The molecule has 3 N–H and O–H groups in total. The first-order chi connectivity index (χ1) is 12.6. The summed E-state index contributed by atoms with van der Waals surface area (Å²) in [5.41, 5.74) is 2.11. The fraction of sp³-hybridized carbons (Fsp3) is 0.600. The van der Waals surface area contributed by atoms with Crippen molar-refractivity contribution < 1.29 is 9.53 Å². The second-order valence-electron chi connectivity index (χ2n) is 7.07. The number of benzene rings is 1. The standard InChI is InChI=1S/C20H32N4O2.HI/c1-16-6-4-7-17(14-16)18(25)22-11-12-23-19(21-2)24-15-20(8-5-9-20)10-13-26-3;/h4,6-7,14H,5,8-13,15H2,1-3H3,(H,22,25)(H2,21,23,24);1H. The van der Waals surface area contributed by atoms with Crippen LogP contribution in [-0.4, -0.2) is 52.3 Å². The summed E-state index contributed by atoms with van der Waals surface area (Å²) in [6.45, 7) is 4.87. The highest BCUT2D eigenvalue weighted by Crippen LogP contribution is 2.43. The average Bonchev–Trinajstić information content (AvgIpc) is 2.61. The molecule has 0 heterocycles. The summed E-state index contributed by atoms with van der Waals surface area (Å²) < 4.78 is 5.24. The number of nitrogens with zero attached hydrogens (tertiary/aromatic N) is 1. The Balaban J connectivity index is 0.00000364. The van der Waals surface area contributed by atoms with Gasteiger partial charge in [0, 0.05) is 46.0 Å². The van der Waals surface area contributed by atoms with Crippen molar-refractivity contribution in [3.05, 3.63) is 35.4 Å². The fourth-order valence-electron chi connectivity index (χ4n) is 3.25. The largest absolute Gasteiger partial charge is 0.385 e. The van der Waals surface area contributed by atoms with E-state index in [-0.39, 0.29) is 29.9 Å². The molecule has 1 aromatic carbocycles. The van der Waals surface area contributed by atoms with E-state index in [4.69, 9.17) is 4.74 Å². The van der Waals surface area contributed by atoms with Gasteiger partial charge in [0.15, 0.2) is 5.96 Å². The third-order valence-electron chi connectivity index (χ3n) is 5.09. The number of aryl methyl sites for hydroxylation is 1. The summed E-state index contributed by atoms with van der Waals surface area (Å²) in [6, 6.07) is 7.60. The number of guanidine groups is 1. The summed E-state index contributed by atoms with van der Waals surface area (Å²) in [5, 5.41) is 9.60. The first-order valence-corrected chi connectivity index (χ1v) is 9.37. The van der Waals surface area contributed by atoms with Crippen LogP contribution in [0.2, 0.25) is 0 Å². The molecule has 1 aliphatic carbocycles. The van der Waals surface area contributed by atoms with Crippen LogP contribution in [0.15, 0.2) is 29.3 Å². The van der Waals surface area contributed by atoms with Gasteiger partial charge in [-0.25, -0.2) is 0 Å². The predicted octanol–water partition coefficient (Wildman–Crippen LogP) is 2.71. The normalized spacial score (nSPS) is 15.3. The number of amides is 1. The number of carbonyl (C=O) groups excluding carboxylic acids is 1. The lowest BCUT2D eigenvalue weighted by atomic mass is 9.67. The number of rotatable bonds is 9. The van der Waals surface area contributed by atoms with Crippen LogP contribution >= 0.6 is 24.0 Å². The smallest absolute Gasteiger partial charge is 0.251 e. The highest BCUT2D eigenvalue weighted by atomic mass is 127. The molecule has 0 bridgehead atoms. The van der Waals surface area contributed by atoms with E-state index in [1.807, 2.05) is 31.2 Å². The zero-order chi connectivity index (χ0) is 18.8. The molecule has 7 heteroatoms. The zero-order valence-corrected chi connectivity index (χ0v) is 19.0. The third kappa shape index (κ3) is 7.65. The number of halogens is 1. The maximum atomic E-state index is 12.1. The van der Waals surface area contributed by atoms with E-state index in [0.717, 1.165) is 31.1 Å². The molecule has 0 radical (unpaired) electrons. The predicted molar refractivity (Wildman–Crippen MR) is 121 cm³/mol. The first kappa shape index (κ1) is 23.7. The average molecular weight is 488 g/mol. The van der Waals surface area contributed by atoms with Crippen LogP contribution < -0.4 is 16.0 Å². The highest BCUT2D eigenvalue weighted by Gasteiger charge is 2.36. The quantitative estimate of drug-likeness (QED) is 0.216. The highest BCUT2D eigenvalue weighted by molar-refractivity contribution is 14.0. The van der Waals surface area contributed by atoms with Crippen LogP contribution in [0.4, 0.5) is 0 Å². The second-order valence-corrected chi connectivity index (χ2v) is 7.07. The topological polar surface area (TPSA) is 74.8 Å². The maximum absolute atomic E-state index is 12.1. The lowest BCUT2D eigenvalue weighted by Gasteiger charge is -2.42. The van der Waals surface area contributed by atoms with E-state index in [1.165, 1.54) is 19.3 Å². The molecule has 0 aromatic heterocycles. The SMILES string of the molecule is CN=C(NCCNC(=O)c1cccc(C)c1)NCC1(CCOC)CCC1.I. The number of carbonyl (C=O) groups is 1. The fourth-order valence-corrected chi connectivity index (χ4v) is 3.25. The van der Waals surface area contributed by atoms with Crippen molar-refractivity contribution in [3.8, 4) is 0 Å². The summed E-state index contributed by atoms with van der Waals surface area (Å²) in [4.78, 5) is 16.4. The van der Waals surface area contributed by atoms with Gasteiger partial charge in [-0.1, -0.05) is 24.1 Å². The Hall–Kier alpha value is -1.35. The Labute approximate surface area is 179 Å². The van der Waals surface area contributed by atoms with Crippen molar-refractivity contribution >= 4 is 35.8 Å². The van der Waals surface area contributed by atoms with Crippen molar-refractivity contribution in [1.29, 1.82) is 0 Å². The van der Waals surface area contributed by atoms with Gasteiger partial charge in [0.05, 0.1) is 0 Å². The van der Waals surface area contributed by atoms with Crippen LogP contribution in [0.3, 0.4) is 0 Å². The van der Waals surface area contributed by atoms with Gasteiger partial charge in [0.2, 0.25) is 0 Å². The molecule has 0 atom stereocenters. The molecular formula is C20H33IN4O2. The molecule has 2 rings (SSSR count). The van der Waals surface area contributed by atoms with Gasteiger partial charge >= 0.3 is 0 Å². The number of nitrogens with one attached hydrogen (secondary N) is 3. The first-order valence-electron chi connectivity index (χ1n) is 9.37. The van der Waals surface area contributed by atoms with Crippen molar-refractivity contribution in [3.63, 3.8) is 0 Å². The summed E-state index contributed by atoms with van der Waals surface area (Å²) in [5.74, 6) is 0.727. The molecule has 1 aromatic rings. The third-order valence-corrected chi connectivity index (χ3v) is 5.09. The Kier molecular flexibility index (Phi) is 10.7. The van der Waals surface area contributed by atoms with E-state index < -0.39 is 0 Å². The van der Waals surface area contributed by atoms with E-state index in [0.29, 0.717) is 24.1 Å². The molecule has 1 fully saturated rings. The van der Waals surface area contributed by atoms with Crippen LogP contribution in [-0.2, 0) is 4.74 Å². The van der Waals surface area contributed by atoms with Gasteiger partial charge in [0.25, 0.3) is 5.91 Å². The summed E-state index contributed by atoms with van der Waals surface area (Å²) in [7, 11) is 3.52. The van der Waals surface area contributed by atoms with Gasteiger partial charge in [0.1, 0.15) is 0 Å². The number of hydrogen-bond donors (Lipinski definition) is 3. The lowest BCUT2D eigenvalue weighted by molar-refractivity contribution is 0.0732. The van der Waals surface area contributed by atoms with Crippen molar-refractivity contribution in [2.24, 2.45) is 10.4 Å². The van der Waals surface area contributed by atoms with Crippen LogP contribution in [0.25, 0.3) is 0 Å². The van der Waals surface area contributed by atoms with Crippen molar-refractivity contribution in [2.75, 3.05) is 40.4 Å². The van der Waals surface area contributed by atoms with Gasteiger partial charge in [-0.15, -0.1) is 24.0 Å². The van der Waals surface area contributed by atoms with Crippen molar-refractivity contribution in [1.82, 2.24) is 16.0 Å². The van der Waals surface area contributed by atoms with E-state index in [9.17, 15) is 4.79 Å². The molecule has 0 unspecified atom stereocenters. The number of methoxy groups -OCH3 is 1. The minimum Gasteiger partial charge on any atom is -0.385 e. The molecule has 152 valence electrons. The minimum absolute atomic E-state index is 0. The molecule has 0 spiro atoms. The number of hydrogen-bond acceptors (Lipinski definition) is 3. The van der Waals surface area contributed by atoms with Gasteiger partial charge in [-0.3, -0.25) is 9.79 Å². The summed E-state index contributed by atoms with van der Waals surface area (Å²) in [6.07, 6.45) is 4.86. The molecule has 6 nitrogen and oxygen atoms in total. The van der Waals surface area contributed by atoms with Crippen LogP contribution in [0, 0.1) is 12.3 Å². The lowest BCUT2D eigenvalue weighted by Crippen LogP contribution is -2.48. The van der Waals surface area contributed by atoms with E-state index >= 15 is 0 Å².